The zero-order chi connectivity index (χ0) is 5.70. The van der Waals surface area contributed by atoms with Gasteiger partial charge in [0.2, 0.25) is 0 Å². The molecule has 0 heterocycles. The van der Waals surface area contributed by atoms with E-state index in [1.807, 2.05) is 7.05 Å². The molecule has 0 aromatic rings. The maximum atomic E-state index is 6.79. The molecule has 0 aliphatic heterocycles. The summed E-state index contributed by atoms with van der Waals surface area (Å²) < 4.78 is 0. The van der Waals surface area contributed by atoms with Crippen molar-refractivity contribution >= 4 is 0 Å². The van der Waals surface area contributed by atoms with Crippen molar-refractivity contribution < 1.29 is 5.11 Å². The first-order valence-electron chi connectivity index (χ1n) is 2.64. The summed E-state index contributed by atoms with van der Waals surface area (Å²) in [6, 6.07) is 0. The van der Waals surface area contributed by atoms with E-state index in [2.05, 4.69) is 11.8 Å². The normalized spacial score (nSPS) is 10.3. The molecule has 0 unspecified atom stereocenters. The minimum Gasteiger partial charge on any atom is -0.444 e. The lowest BCUT2D eigenvalue weighted by molar-refractivity contribution is 0.227. The highest BCUT2D eigenvalue weighted by Crippen LogP contribution is 1.75. The summed E-state index contributed by atoms with van der Waals surface area (Å²) in [6.07, 6.45) is 0. The number of nitrogens with zero attached hydrogens (tertiary/aromatic N) is 1. The van der Waals surface area contributed by atoms with Gasteiger partial charge < -0.3 is 5.11 Å². The molecule has 0 bridgehead atoms. The van der Waals surface area contributed by atoms with Gasteiger partial charge in [-0.05, 0) is 13.6 Å². The maximum Gasteiger partial charge on any atom is 0.156 e. The monoisotopic (exact) mass is 104 g/mol. The van der Waals surface area contributed by atoms with Gasteiger partial charge in [-0.3, -0.25) is 4.90 Å². The van der Waals surface area contributed by atoms with E-state index in [0.717, 1.165) is 13.1 Å². The molecule has 0 radical (unpaired) electrons. The molecule has 0 aromatic heterocycles. The van der Waals surface area contributed by atoms with E-state index in [1.54, 1.807) is 0 Å². The molecule has 0 atom stereocenters. The summed E-state index contributed by atoms with van der Waals surface area (Å²) in [5, 5.41) is 6.79. The van der Waals surface area contributed by atoms with Gasteiger partial charge in [0.05, 0.1) is 6.54 Å². The first-order valence-corrected chi connectivity index (χ1v) is 2.64. The van der Waals surface area contributed by atoms with Crippen LogP contribution in [-0.2, 0) is 0 Å². The highest BCUT2D eigenvalue weighted by Gasteiger charge is 1.90. The lowest BCUT2D eigenvalue weighted by atomic mass is 10.6. The Hall–Kier alpha value is -0.0800. The van der Waals surface area contributed by atoms with Crippen molar-refractivity contribution in [2.24, 2.45) is 0 Å². The van der Waals surface area contributed by atoms with Crippen molar-refractivity contribution in [3.05, 3.63) is 0 Å². The molecule has 2 heteroatoms. The Bertz CT molecular complexity index is 39.1. The molecular formula is C5H14NO+. The van der Waals surface area contributed by atoms with Crippen molar-refractivity contribution in [1.82, 2.24) is 4.90 Å². The molecule has 0 aliphatic rings. The molecule has 7 heavy (non-hydrogen) atoms. The van der Waals surface area contributed by atoms with Gasteiger partial charge in [-0.25, -0.2) is 0 Å². The van der Waals surface area contributed by atoms with E-state index in [9.17, 15) is 0 Å². The van der Waals surface area contributed by atoms with Crippen molar-refractivity contribution in [2.75, 3.05) is 26.7 Å². The lowest BCUT2D eigenvalue weighted by Crippen LogP contribution is -2.20. The van der Waals surface area contributed by atoms with Crippen molar-refractivity contribution in [2.45, 2.75) is 6.92 Å². The Kier molecular flexibility index (Phi) is 4.04. The number of hydrogen-bond acceptors (Lipinski definition) is 1. The fourth-order valence-corrected chi connectivity index (χ4v) is 0.349. The summed E-state index contributed by atoms with van der Waals surface area (Å²) in [4.78, 5) is 2.12. The zero-order valence-corrected chi connectivity index (χ0v) is 5.07. The van der Waals surface area contributed by atoms with Crippen molar-refractivity contribution in [3.8, 4) is 0 Å². The topological polar surface area (TPSA) is 26.1 Å². The second-order valence-corrected chi connectivity index (χ2v) is 1.65. The van der Waals surface area contributed by atoms with E-state index < -0.39 is 0 Å². The van der Waals surface area contributed by atoms with E-state index in [1.165, 1.54) is 0 Å². The Labute approximate surface area is 44.8 Å². The summed E-state index contributed by atoms with van der Waals surface area (Å²) in [7, 11) is 2.02. The standard InChI is InChI=1S/C5H13NO/c1-3-6(2)4-5-7/h7H,3-5H2,1-2H3/p+1. The van der Waals surface area contributed by atoms with E-state index in [-0.39, 0.29) is 0 Å². The molecule has 2 N–H and O–H groups in total. The average Bonchev–Trinajstić information content (AvgIpc) is 1.68. The third kappa shape index (κ3) is 3.76. The molecule has 0 aromatic carbocycles. The fourth-order valence-electron chi connectivity index (χ4n) is 0.349. The van der Waals surface area contributed by atoms with Crippen LogP contribution in [0.3, 0.4) is 0 Å². The summed E-state index contributed by atoms with van der Waals surface area (Å²) >= 11 is 0. The third-order valence-electron chi connectivity index (χ3n) is 1.03. The zero-order valence-electron chi connectivity index (χ0n) is 5.07. The van der Waals surface area contributed by atoms with Crippen LogP contribution in [0.1, 0.15) is 6.92 Å². The predicted molar refractivity (Wildman–Crippen MR) is 31.7 cm³/mol. The molecule has 0 spiro atoms. The summed E-state index contributed by atoms with van der Waals surface area (Å²) in [6.45, 7) is 4.56. The van der Waals surface area contributed by atoms with Crippen molar-refractivity contribution in [1.29, 1.82) is 0 Å². The van der Waals surface area contributed by atoms with E-state index in [0.29, 0.717) is 6.61 Å². The van der Waals surface area contributed by atoms with Crippen LogP contribution in [0, 0.1) is 0 Å². The highest BCUT2D eigenvalue weighted by atomic mass is 16.3. The second kappa shape index (κ2) is 4.09. The van der Waals surface area contributed by atoms with Crippen LogP contribution < -0.4 is 0 Å². The molecule has 44 valence electrons. The fraction of sp³-hybridized carbons (Fsp3) is 1.00. The first-order chi connectivity index (χ1) is 3.31. The quantitative estimate of drug-likeness (QED) is 0.450. The minimum atomic E-state index is 0.518. The van der Waals surface area contributed by atoms with Gasteiger partial charge in [0.15, 0.2) is 6.61 Å². The first kappa shape index (κ1) is 6.92. The molecule has 0 fully saturated rings. The largest absolute Gasteiger partial charge is 0.444 e. The molecule has 0 saturated carbocycles. The van der Waals surface area contributed by atoms with Gasteiger partial charge in [0.1, 0.15) is 0 Å². The van der Waals surface area contributed by atoms with Crippen LogP contribution in [0.5, 0.6) is 0 Å². The second-order valence-electron chi connectivity index (χ2n) is 1.65. The molecule has 2 nitrogen and oxygen atoms in total. The molecule has 0 amide bonds. The average molecular weight is 104 g/mol. The van der Waals surface area contributed by atoms with Gasteiger partial charge in [-0.2, -0.15) is 0 Å². The molecular weight excluding hydrogens is 90.1 g/mol. The van der Waals surface area contributed by atoms with Crippen LogP contribution in [0.4, 0.5) is 0 Å². The van der Waals surface area contributed by atoms with Crippen LogP contribution >= 0.6 is 0 Å². The van der Waals surface area contributed by atoms with Gasteiger partial charge in [-0.1, -0.05) is 6.92 Å². The Morgan fingerprint density at radius 3 is 2.29 bits per heavy atom. The molecule has 0 rings (SSSR count). The third-order valence-corrected chi connectivity index (χ3v) is 1.03. The Balaban J connectivity index is 2.83. The number of rotatable bonds is 3. The smallest absolute Gasteiger partial charge is 0.156 e. The Morgan fingerprint density at radius 2 is 2.14 bits per heavy atom. The highest BCUT2D eigenvalue weighted by molar-refractivity contribution is 4.41. The number of hydrogen-bond donors (Lipinski definition) is 0. The van der Waals surface area contributed by atoms with Crippen LogP contribution in [0.2, 0.25) is 0 Å². The summed E-state index contributed by atoms with van der Waals surface area (Å²) in [5.41, 5.74) is 0. The molecule has 0 saturated heterocycles. The van der Waals surface area contributed by atoms with Gasteiger partial charge in [0, 0.05) is 0 Å². The van der Waals surface area contributed by atoms with Crippen LogP contribution in [0.25, 0.3) is 0 Å². The van der Waals surface area contributed by atoms with Gasteiger partial charge in [-0.15, -0.1) is 0 Å². The van der Waals surface area contributed by atoms with E-state index in [4.69, 9.17) is 5.11 Å². The summed E-state index contributed by atoms with van der Waals surface area (Å²) in [5.74, 6) is 0. The van der Waals surface area contributed by atoms with Gasteiger partial charge in [0.25, 0.3) is 0 Å². The number of likely N-dealkylation sites (N-methyl/N-ethyl adjacent to an activating group) is 1. The lowest BCUT2D eigenvalue weighted by Gasteiger charge is -2.07. The Morgan fingerprint density at radius 1 is 1.57 bits per heavy atom. The predicted octanol–water partition coefficient (Wildman–Crippen LogP) is -0.337. The van der Waals surface area contributed by atoms with E-state index >= 15 is 0 Å². The van der Waals surface area contributed by atoms with Crippen molar-refractivity contribution in [3.63, 3.8) is 0 Å². The van der Waals surface area contributed by atoms with Crippen LogP contribution in [-0.4, -0.2) is 36.8 Å². The SMILES string of the molecule is CCN(C)CC[OH2+]. The van der Waals surface area contributed by atoms with Crippen LogP contribution in [0.15, 0.2) is 0 Å². The minimum absolute atomic E-state index is 0.518. The molecule has 0 aliphatic carbocycles. The maximum absolute atomic E-state index is 6.79. The van der Waals surface area contributed by atoms with Gasteiger partial charge >= 0.3 is 0 Å².